The zero-order valence-electron chi connectivity index (χ0n) is 15.0. The highest BCUT2D eigenvalue weighted by Crippen LogP contribution is 2.31. The van der Waals surface area contributed by atoms with Gasteiger partial charge >= 0.3 is 0 Å². The van der Waals surface area contributed by atoms with Gasteiger partial charge in [0.15, 0.2) is 10.8 Å². The van der Waals surface area contributed by atoms with Crippen LogP contribution < -0.4 is 5.32 Å². The highest BCUT2D eigenvalue weighted by atomic mass is 32.2. The maximum atomic E-state index is 15.0. The van der Waals surface area contributed by atoms with Gasteiger partial charge in [0.1, 0.15) is 5.69 Å². The van der Waals surface area contributed by atoms with Crippen LogP contribution in [0, 0.1) is 25.6 Å². The molecule has 0 aliphatic heterocycles. The first-order valence-corrected chi connectivity index (χ1v) is 9.55. The van der Waals surface area contributed by atoms with Gasteiger partial charge in [-0.3, -0.25) is 0 Å². The van der Waals surface area contributed by atoms with Gasteiger partial charge in [0.05, 0.1) is 5.56 Å². The summed E-state index contributed by atoms with van der Waals surface area (Å²) in [7, 11) is -2.66. The number of pyridine rings is 2. The van der Waals surface area contributed by atoms with E-state index in [4.69, 9.17) is 0 Å². The Balaban J connectivity index is 2.32. The predicted molar refractivity (Wildman–Crippen MR) is 96.6 cm³/mol. The molecular weight excluding hydrogens is 374 g/mol. The Kier molecular flexibility index (Phi) is 5.07. The van der Waals surface area contributed by atoms with Crippen molar-refractivity contribution in [3.05, 3.63) is 65.2 Å². The van der Waals surface area contributed by atoms with Gasteiger partial charge in [0.25, 0.3) is 10.0 Å². The van der Waals surface area contributed by atoms with E-state index in [0.717, 1.165) is 10.2 Å². The van der Waals surface area contributed by atoms with E-state index in [1.807, 2.05) is 0 Å². The fraction of sp³-hybridized carbons (Fsp3) is 0.222. The zero-order valence-corrected chi connectivity index (χ0v) is 15.8. The van der Waals surface area contributed by atoms with Crippen molar-refractivity contribution in [1.29, 1.82) is 0 Å². The molecule has 0 unspecified atom stereocenters. The Morgan fingerprint density at radius 3 is 2.59 bits per heavy atom. The summed E-state index contributed by atoms with van der Waals surface area (Å²) >= 11 is 0. The van der Waals surface area contributed by atoms with Gasteiger partial charge in [0.2, 0.25) is 5.95 Å². The summed E-state index contributed by atoms with van der Waals surface area (Å²) in [6, 6.07) is 5.81. The SMILES string of the molecule is CNCc1cn(S(=O)(=O)c2cc(C)cc(C)n2)c(-c2cccnc2F)c1F. The van der Waals surface area contributed by atoms with Crippen LogP contribution in [-0.2, 0) is 16.6 Å². The second kappa shape index (κ2) is 7.16. The van der Waals surface area contributed by atoms with Crippen LogP contribution in [-0.4, -0.2) is 29.4 Å². The Hall–Kier alpha value is -2.65. The van der Waals surface area contributed by atoms with E-state index in [9.17, 15) is 12.8 Å². The lowest BCUT2D eigenvalue weighted by Gasteiger charge is -2.11. The van der Waals surface area contributed by atoms with Gasteiger partial charge < -0.3 is 5.32 Å². The number of halogens is 2. The highest BCUT2D eigenvalue weighted by molar-refractivity contribution is 7.90. The van der Waals surface area contributed by atoms with Crippen molar-refractivity contribution in [1.82, 2.24) is 19.3 Å². The number of aromatic nitrogens is 3. The largest absolute Gasteiger partial charge is 0.316 e. The van der Waals surface area contributed by atoms with Crippen LogP contribution in [0.2, 0.25) is 0 Å². The molecule has 0 fully saturated rings. The number of rotatable bonds is 5. The van der Waals surface area contributed by atoms with E-state index >= 15 is 4.39 Å². The van der Waals surface area contributed by atoms with E-state index in [-0.39, 0.29) is 22.7 Å². The molecular formula is C18H18F2N4O2S. The standard InChI is InChI=1S/C18H18F2N4O2S/c1-11-7-12(2)23-15(8-11)27(25,26)24-10-13(9-21-3)16(19)17(24)14-5-4-6-22-18(14)20/h4-8,10,21H,9H2,1-3H3. The highest BCUT2D eigenvalue weighted by Gasteiger charge is 2.29. The summed E-state index contributed by atoms with van der Waals surface area (Å²) < 4.78 is 56.3. The van der Waals surface area contributed by atoms with Crippen molar-refractivity contribution in [2.24, 2.45) is 0 Å². The van der Waals surface area contributed by atoms with Gasteiger partial charge in [-0.2, -0.15) is 12.8 Å². The van der Waals surface area contributed by atoms with Crippen LogP contribution in [0.1, 0.15) is 16.8 Å². The molecule has 0 bridgehead atoms. The molecule has 0 saturated heterocycles. The predicted octanol–water partition coefficient (Wildman–Crippen LogP) is 2.80. The normalized spacial score (nSPS) is 11.7. The topological polar surface area (TPSA) is 76.9 Å². The minimum Gasteiger partial charge on any atom is -0.316 e. The first-order chi connectivity index (χ1) is 12.8. The van der Waals surface area contributed by atoms with Crippen molar-refractivity contribution in [3.63, 3.8) is 0 Å². The van der Waals surface area contributed by atoms with Gasteiger partial charge in [-0.15, -0.1) is 0 Å². The molecule has 1 N–H and O–H groups in total. The molecule has 3 heterocycles. The molecule has 3 rings (SSSR count). The molecule has 9 heteroatoms. The third kappa shape index (κ3) is 3.47. The average molecular weight is 392 g/mol. The Morgan fingerprint density at radius 1 is 1.22 bits per heavy atom. The molecule has 0 aliphatic rings. The Bertz CT molecular complexity index is 1090. The summed E-state index contributed by atoms with van der Waals surface area (Å²) in [6.45, 7) is 3.47. The number of aryl methyl sites for hydroxylation is 2. The van der Waals surface area contributed by atoms with Gasteiger partial charge in [0, 0.05) is 30.2 Å². The fourth-order valence-electron chi connectivity index (χ4n) is 2.85. The zero-order chi connectivity index (χ0) is 19.8. The summed E-state index contributed by atoms with van der Waals surface area (Å²) in [5, 5.41) is 2.53. The van der Waals surface area contributed by atoms with Crippen molar-refractivity contribution < 1.29 is 17.2 Å². The number of nitrogens with one attached hydrogen (secondary N) is 1. The van der Waals surface area contributed by atoms with Crippen LogP contribution in [0.4, 0.5) is 8.78 Å². The van der Waals surface area contributed by atoms with E-state index in [2.05, 4.69) is 15.3 Å². The van der Waals surface area contributed by atoms with E-state index < -0.39 is 27.5 Å². The molecule has 0 radical (unpaired) electrons. The molecule has 0 amide bonds. The lowest BCUT2D eigenvalue weighted by atomic mass is 10.2. The van der Waals surface area contributed by atoms with Gasteiger partial charge in [-0.05, 0) is 50.7 Å². The van der Waals surface area contributed by atoms with Crippen molar-refractivity contribution in [2.45, 2.75) is 25.4 Å². The molecule has 0 spiro atoms. The van der Waals surface area contributed by atoms with Gasteiger partial charge in [-0.1, -0.05) is 0 Å². The minimum absolute atomic E-state index is 0.0729. The van der Waals surface area contributed by atoms with Crippen LogP contribution in [0.25, 0.3) is 11.3 Å². The Labute approximate surface area is 156 Å². The number of hydrogen-bond acceptors (Lipinski definition) is 5. The van der Waals surface area contributed by atoms with Crippen molar-refractivity contribution in [2.75, 3.05) is 7.05 Å². The van der Waals surface area contributed by atoms with Crippen LogP contribution in [0.5, 0.6) is 0 Å². The summed E-state index contributed by atoms with van der Waals surface area (Å²) in [6.07, 6.45) is 2.35. The third-order valence-electron chi connectivity index (χ3n) is 3.96. The maximum Gasteiger partial charge on any atom is 0.285 e. The van der Waals surface area contributed by atoms with Crippen LogP contribution >= 0.6 is 0 Å². The second-order valence-electron chi connectivity index (χ2n) is 6.11. The molecule has 142 valence electrons. The molecule has 0 atom stereocenters. The lowest BCUT2D eigenvalue weighted by molar-refractivity contribution is 0.573. The number of nitrogens with zero attached hydrogens (tertiary/aromatic N) is 3. The third-order valence-corrected chi connectivity index (χ3v) is 5.51. The average Bonchev–Trinajstić information content (AvgIpc) is 2.92. The second-order valence-corrected chi connectivity index (χ2v) is 7.88. The molecule has 3 aromatic rings. The quantitative estimate of drug-likeness (QED) is 0.676. The Morgan fingerprint density at radius 2 is 1.96 bits per heavy atom. The van der Waals surface area contributed by atoms with E-state index in [0.29, 0.717) is 11.3 Å². The smallest absolute Gasteiger partial charge is 0.285 e. The summed E-state index contributed by atoms with van der Waals surface area (Å²) in [5.41, 5.74) is 0.629. The van der Waals surface area contributed by atoms with Crippen molar-refractivity contribution in [3.8, 4) is 11.3 Å². The molecule has 27 heavy (non-hydrogen) atoms. The van der Waals surface area contributed by atoms with E-state index in [1.54, 1.807) is 27.0 Å². The summed E-state index contributed by atoms with van der Waals surface area (Å²) in [5.74, 6) is -1.79. The van der Waals surface area contributed by atoms with Crippen molar-refractivity contribution >= 4 is 10.0 Å². The lowest BCUT2D eigenvalue weighted by Crippen LogP contribution is -2.16. The first-order valence-electron chi connectivity index (χ1n) is 8.11. The first kappa shape index (κ1) is 19.1. The molecule has 6 nitrogen and oxygen atoms in total. The van der Waals surface area contributed by atoms with Crippen LogP contribution in [0.15, 0.2) is 41.7 Å². The maximum absolute atomic E-state index is 15.0. The number of hydrogen-bond donors (Lipinski definition) is 1. The monoisotopic (exact) mass is 392 g/mol. The van der Waals surface area contributed by atoms with E-state index in [1.165, 1.54) is 24.4 Å². The van der Waals surface area contributed by atoms with Gasteiger partial charge in [-0.25, -0.2) is 18.3 Å². The molecule has 0 aromatic carbocycles. The minimum atomic E-state index is -4.26. The summed E-state index contributed by atoms with van der Waals surface area (Å²) in [4.78, 5) is 7.57. The molecule has 0 aliphatic carbocycles. The molecule has 3 aromatic heterocycles. The molecule has 0 saturated carbocycles. The fourth-order valence-corrected chi connectivity index (χ4v) is 4.33. The van der Waals surface area contributed by atoms with Crippen LogP contribution in [0.3, 0.4) is 0 Å².